The zero-order valence-electron chi connectivity index (χ0n) is 13.5. The maximum Gasteiger partial charge on any atom is 0.418 e. The number of nitrogens with one attached hydrogen (secondary N) is 1. The highest BCUT2D eigenvalue weighted by Gasteiger charge is 2.34. The van der Waals surface area contributed by atoms with Crippen LogP contribution in [0.3, 0.4) is 0 Å². The van der Waals surface area contributed by atoms with Crippen molar-refractivity contribution in [1.29, 1.82) is 5.26 Å². The summed E-state index contributed by atoms with van der Waals surface area (Å²) in [6.07, 6.45) is -3.26. The van der Waals surface area contributed by atoms with Gasteiger partial charge in [-0.15, -0.1) is 0 Å². The molecule has 0 bridgehead atoms. The number of rotatable bonds is 4. The van der Waals surface area contributed by atoms with Crippen molar-refractivity contribution < 1.29 is 17.9 Å². The lowest BCUT2D eigenvalue weighted by Crippen LogP contribution is -2.32. The lowest BCUT2D eigenvalue weighted by Gasteiger charge is -2.26. The molecule has 0 radical (unpaired) electrons. The highest BCUT2D eigenvalue weighted by molar-refractivity contribution is 5.57. The Labute approximate surface area is 142 Å². The molecule has 1 aliphatic rings. The molecule has 6 nitrogen and oxygen atoms in total. The van der Waals surface area contributed by atoms with E-state index < -0.39 is 11.7 Å². The number of alkyl halides is 3. The van der Waals surface area contributed by atoms with Crippen LogP contribution in [0.15, 0.2) is 18.2 Å². The third-order valence-corrected chi connectivity index (χ3v) is 3.99. The SMILES string of the molecule is COCc1nc2n(n1)C[C@@H](Nc1cc(C#N)ccc1C(F)(F)F)CC2. The van der Waals surface area contributed by atoms with Gasteiger partial charge in [-0.1, -0.05) is 0 Å². The Kier molecular flexibility index (Phi) is 4.63. The second-order valence-corrected chi connectivity index (χ2v) is 5.81. The Bertz CT molecular complexity index is 809. The number of nitrogens with zero attached hydrogens (tertiary/aromatic N) is 4. The molecule has 1 aliphatic heterocycles. The van der Waals surface area contributed by atoms with E-state index in [0.717, 1.165) is 11.9 Å². The molecule has 1 N–H and O–H groups in total. The van der Waals surface area contributed by atoms with E-state index in [0.29, 0.717) is 31.8 Å². The van der Waals surface area contributed by atoms with Crippen molar-refractivity contribution in [2.45, 2.75) is 38.2 Å². The number of fused-ring (bicyclic) bond motifs is 1. The lowest BCUT2D eigenvalue weighted by atomic mass is 10.0. The number of hydrogen-bond acceptors (Lipinski definition) is 5. The minimum atomic E-state index is -4.49. The molecule has 25 heavy (non-hydrogen) atoms. The first kappa shape index (κ1) is 17.2. The van der Waals surface area contributed by atoms with Crippen molar-refractivity contribution in [2.24, 2.45) is 0 Å². The van der Waals surface area contributed by atoms with E-state index in [2.05, 4.69) is 15.4 Å². The summed E-state index contributed by atoms with van der Waals surface area (Å²) in [5.41, 5.74) is -0.691. The maximum atomic E-state index is 13.2. The molecule has 3 rings (SSSR count). The number of methoxy groups -OCH3 is 1. The molecule has 2 heterocycles. The Hall–Kier alpha value is -2.60. The summed E-state index contributed by atoms with van der Waals surface area (Å²) in [5.74, 6) is 1.35. The van der Waals surface area contributed by atoms with Crippen LogP contribution >= 0.6 is 0 Å². The van der Waals surface area contributed by atoms with Gasteiger partial charge in [-0.25, -0.2) is 9.67 Å². The van der Waals surface area contributed by atoms with Crippen molar-refractivity contribution in [3.63, 3.8) is 0 Å². The van der Waals surface area contributed by atoms with Crippen molar-refractivity contribution in [3.8, 4) is 6.07 Å². The Balaban J connectivity index is 1.82. The number of aromatic nitrogens is 3. The van der Waals surface area contributed by atoms with Crippen LogP contribution in [-0.2, 0) is 30.5 Å². The fraction of sp³-hybridized carbons (Fsp3) is 0.438. The highest BCUT2D eigenvalue weighted by atomic mass is 19.4. The minimum absolute atomic E-state index is 0.0859. The van der Waals surface area contributed by atoms with Gasteiger partial charge in [0.15, 0.2) is 5.82 Å². The van der Waals surface area contributed by atoms with Crippen LogP contribution in [0.2, 0.25) is 0 Å². The van der Waals surface area contributed by atoms with Gasteiger partial charge in [-0.05, 0) is 24.6 Å². The Morgan fingerprint density at radius 3 is 2.92 bits per heavy atom. The second kappa shape index (κ2) is 6.72. The molecule has 9 heteroatoms. The minimum Gasteiger partial charge on any atom is -0.380 e. The first-order valence-corrected chi connectivity index (χ1v) is 7.70. The summed E-state index contributed by atoms with van der Waals surface area (Å²) in [5, 5.41) is 16.2. The summed E-state index contributed by atoms with van der Waals surface area (Å²) in [6.45, 7) is 0.695. The van der Waals surface area contributed by atoms with E-state index in [9.17, 15) is 13.2 Å². The van der Waals surface area contributed by atoms with Crippen molar-refractivity contribution in [1.82, 2.24) is 14.8 Å². The van der Waals surface area contributed by atoms with Crippen LogP contribution in [0.25, 0.3) is 0 Å². The zero-order chi connectivity index (χ0) is 18.0. The van der Waals surface area contributed by atoms with Gasteiger partial charge in [0.05, 0.1) is 23.7 Å². The lowest BCUT2D eigenvalue weighted by molar-refractivity contribution is -0.137. The second-order valence-electron chi connectivity index (χ2n) is 5.81. The van der Waals surface area contributed by atoms with Crippen LogP contribution in [0.4, 0.5) is 18.9 Å². The van der Waals surface area contributed by atoms with E-state index in [4.69, 9.17) is 10.00 Å². The molecular weight excluding hydrogens is 335 g/mol. The van der Waals surface area contributed by atoms with Crippen LogP contribution in [0.1, 0.15) is 29.2 Å². The van der Waals surface area contributed by atoms with Gasteiger partial charge >= 0.3 is 6.18 Å². The van der Waals surface area contributed by atoms with E-state index in [-0.39, 0.29) is 17.3 Å². The van der Waals surface area contributed by atoms with Crippen molar-refractivity contribution in [3.05, 3.63) is 41.0 Å². The molecule has 1 atom stereocenters. The molecule has 0 amide bonds. The monoisotopic (exact) mass is 351 g/mol. The molecule has 0 aliphatic carbocycles. The average Bonchev–Trinajstić information content (AvgIpc) is 2.95. The van der Waals surface area contributed by atoms with Gasteiger partial charge in [0.2, 0.25) is 0 Å². The number of aryl methyl sites for hydroxylation is 1. The predicted molar refractivity (Wildman–Crippen MR) is 82.6 cm³/mol. The van der Waals surface area contributed by atoms with Gasteiger partial charge in [0, 0.05) is 25.3 Å². The molecule has 0 saturated heterocycles. The summed E-state index contributed by atoms with van der Waals surface area (Å²) in [6, 6.07) is 4.96. The summed E-state index contributed by atoms with van der Waals surface area (Å²) in [7, 11) is 1.55. The zero-order valence-corrected chi connectivity index (χ0v) is 13.5. The number of ether oxygens (including phenoxy) is 1. The van der Waals surface area contributed by atoms with Gasteiger partial charge in [0.1, 0.15) is 12.4 Å². The van der Waals surface area contributed by atoms with Crippen molar-refractivity contribution in [2.75, 3.05) is 12.4 Å². The van der Waals surface area contributed by atoms with Crippen molar-refractivity contribution >= 4 is 5.69 Å². The molecule has 1 aromatic carbocycles. The largest absolute Gasteiger partial charge is 0.418 e. The molecule has 1 aromatic heterocycles. The summed E-state index contributed by atoms with van der Waals surface area (Å²) in [4.78, 5) is 4.34. The van der Waals surface area contributed by atoms with E-state index in [1.54, 1.807) is 11.8 Å². The quantitative estimate of drug-likeness (QED) is 0.917. The number of halogens is 3. The smallest absolute Gasteiger partial charge is 0.380 e. The molecule has 0 saturated carbocycles. The number of benzene rings is 1. The Morgan fingerprint density at radius 2 is 2.24 bits per heavy atom. The first-order valence-electron chi connectivity index (χ1n) is 7.70. The van der Waals surface area contributed by atoms with Gasteiger partial charge in [-0.2, -0.15) is 23.5 Å². The molecule has 132 valence electrons. The van der Waals surface area contributed by atoms with Gasteiger partial charge in [-0.3, -0.25) is 0 Å². The van der Waals surface area contributed by atoms with E-state index in [1.165, 1.54) is 12.1 Å². The van der Waals surface area contributed by atoms with Crippen LogP contribution < -0.4 is 5.32 Å². The maximum absolute atomic E-state index is 13.2. The molecule has 2 aromatic rings. The number of hydrogen-bond donors (Lipinski definition) is 1. The highest BCUT2D eigenvalue weighted by Crippen LogP contribution is 2.36. The number of anilines is 1. The first-order chi connectivity index (χ1) is 11.9. The fourth-order valence-corrected chi connectivity index (χ4v) is 2.87. The molecule has 0 unspecified atom stereocenters. The number of nitriles is 1. The summed E-state index contributed by atoms with van der Waals surface area (Å²) < 4.78 is 46.3. The molecular formula is C16H16F3N5O. The fourth-order valence-electron chi connectivity index (χ4n) is 2.87. The molecule has 0 spiro atoms. The third kappa shape index (κ3) is 3.74. The molecule has 0 fully saturated rings. The van der Waals surface area contributed by atoms with Crippen LogP contribution in [-0.4, -0.2) is 27.9 Å². The van der Waals surface area contributed by atoms with E-state index >= 15 is 0 Å². The van der Waals surface area contributed by atoms with E-state index in [1.807, 2.05) is 6.07 Å². The van der Waals surface area contributed by atoms with Crippen LogP contribution in [0, 0.1) is 11.3 Å². The Morgan fingerprint density at radius 1 is 1.44 bits per heavy atom. The third-order valence-electron chi connectivity index (χ3n) is 3.99. The van der Waals surface area contributed by atoms with Crippen LogP contribution in [0.5, 0.6) is 0 Å². The normalized spacial score (nSPS) is 17.0. The van der Waals surface area contributed by atoms with Gasteiger partial charge in [0.25, 0.3) is 0 Å². The average molecular weight is 351 g/mol. The standard InChI is InChI=1S/C16H16F3N5O/c1-25-9-14-22-15-5-3-11(8-24(15)23-14)21-13-6-10(7-20)2-4-12(13)16(17,18)19/h2,4,6,11,21H,3,5,8-9H2,1H3/t11-/m0/s1. The van der Waals surface area contributed by atoms with Gasteiger partial charge < -0.3 is 10.1 Å². The predicted octanol–water partition coefficient (Wildman–Crippen LogP) is 2.74. The topological polar surface area (TPSA) is 75.8 Å². The summed E-state index contributed by atoms with van der Waals surface area (Å²) >= 11 is 0.